The highest BCUT2D eigenvalue weighted by atomic mass is 16.3. The highest BCUT2D eigenvalue weighted by Crippen LogP contribution is 2.26. The number of phenolic OH excluding ortho intramolecular Hbond substituents is 1. The van der Waals surface area contributed by atoms with Crippen molar-refractivity contribution in [2.24, 2.45) is 11.7 Å². The summed E-state index contributed by atoms with van der Waals surface area (Å²) in [5, 5.41) is 14.7. The number of carbonyl (C=O) groups is 3. The zero-order chi connectivity index (χ0) is 21.8. The number of nitrogens with two attached hydrogens (primary N) is 1. The second-order valence-corrected chi connectivity index (χ2v) is 8.25. The Hall–Kier alpha value is -2.57. The minimum atomic E-state index is -0.951. The van der Waals surface area contributed by atoms with E-state index in [1.54, 1.807) is 24.3 Å². The van der Waals surface area contributed by atoms with Gasteiger partial charge in [-0.2, -0.15) is 0 Å². The number of hydrogen-bond donors (Lipinski definition) is 4. The van der Waals surface area contributed by atoms with Crippen molar-refractivity contribution in [1.82, 2.24) is 10.6 Å². The molecule has 1 aliphatic rings. The number of rotatable bonds is 11. The number of phenols is 1. The minimum Gasteiger partial charge on any atom is -0.508 e. The highest BCUT2D eigenvalue weighted by Gasteiger charge is 2.22. The van der Waals surface area contributed by atoms with Crippen LogP contribution in [0, 0.1) is 5.92 Å². The molecule has 0 bridgehead atoms. The maximum absolute atomic E-state index is 12.4. The average molecular weight is 418 g/mol. The van der Waals surface area contributed by atoms with E-state index in [2.05, 4.69) is 10.6 Å². The third-order valence-electron chi connectivity index (χ3n) is 5.70. The predicted molar refractivity (Wildman–Crippen MR) is 116 cm³/mol. The lowest BCUT2D eigenvalue weighted by molar-refractivity contribution is -0.131. The van der Waals surface area contributed by atoms with Gasteiger partial charge >= 0.3 is 0 Å². The number of nitrogens with one attached hydrogen (secondary N) is 2. The van der Waals surface area contributed by atoms with E-state index in [4.69, 9.17) is 5.73 Å². The Bertz CT molecular complexity index is 682. The number of benzene rings is 1. The van der Waals surface area contributed by atoms with Crippen LogP contribution in [0.2, 0.25) is 0 Å². The lowest BCUT2D eigenvalue weighted by Crippen LogP contribution is -2.49. The molecular formula is C23H35N3O4. The third kappa shape index (κ3) is 9.29. The summed E-state index contributed by atoms with van der Waals surface area (Å²) in [6, 6.07) is 5.77. The summed E-state index contributed by atoms with van der Waals surface area (Å²) in [6.07, 6.45) is 10.2. The first-order chi connectivity index (χ1) is 14.4. The summed E-state index contributed by atoms with van der Waals surface area (Å²) >= 11 is 0. The van der Waals surface area contributed by atoms with Gasteiger partial charge in [-0.3, -0.25) is 14.4 Å². The summed E-state index contributed by atoms with van der Waals surface area (Å²) < 4.78 is 0. The lowest BCUT2D eigenvalue weighted by Gasteiger charge is -2.18. The highest BCUT2D eigenvalue weighted by molar-refractivity contribution is 5.91. The molecule has 7 heteroatoms. The smallest absolute Gasteiger partial charge is 0.243 e. The van der Waals surface area contributed by atoms with E-state index < -0.39 is 17.9 Å². The van der Waals surface area contributed by atoms with E-state index in [0.29, 0.717) is 25.3 Å². The van der Waals surface area contributed by atoms with Crippen molar-refractivity contribution in [2.45, 2.75) is 76.7 Å². The molecule has 3 amide bonds. The molecule has 166 valence electrons. The van der Waals surface area contributed by atoms with Crippen LogP contribution in [0.25, 0.3) is 0 Å². The number of aromatic hydroxyl groups is 1. The van der Waals surface area contributed by atoms with E-state index in [0.717, 1.165) is 18.4 Å². The first-order valence-corrected chi connectivity index (χ1v) is 11.1. The molecule has 1 aliphatic carbocycles. The quantitative estimate of drug-likeness (QED) is 0.413. The van der Waals surface area contributed by atoms with Gasteiger partial charge in [0.25, 0.3) is 0 Å². The topological polar surface area (TPSA) is 122 Å². The average Bonchev–Trinajstić information content (AvgIpc) is 2.97. The molecule has 30 heavy (non-hydrogen) atoms. The Morgan fingerprint density at radius 3 is 2.37 bits per heavy atom. The molecule has 0 radical (unpaired) electrons. The molecular weight excluding hydrogens is 382 g/mol. The molecule has 0 saturated heterocycles. The van der Waals surface area contributed by atoms with Gasteiger partial charge in [-0.15, -0.1) is 0 Å². The molecule has 0 spiro atoms. The fourth-order valence-electron chi connectivity index (χ4n) is 4.00. The van der Waals surface area contributed by atoms with Crippen molar-refractivity contribution < 1.29 is 19.5 Å². The molecule has 7 nitrogen and oxygen atoms in total. The largest absolute Gasteiger partial charge is 0.508 e. The molecule has 0 unspecified atom stereocenters. The fraction of sp³-hybridized carbons (Fsp3) is 0.609. The number of hydrogen-bond acceptors (Lipinski definition) is 4. The Labute approximate surface area is 178 Å². The van der Waals surface area contributed by atoms with Crippen LogP contribution in [-0.4, -0.2) is 35.4 Å². The van der Waals surface area contributed by atoms with Gasteiger partial charge in [-0.05, 0) is 42.9 Å². The van der Waals surface area contributed by atoms with Crippen LogP contribution in [0.3, 0.4) is 0 Å². The second-order valence-electron chi connectivity index (χ2n) is 8.25. The van der Waals surface area contributed by atoms with Crippen molar-refractivity contribution in [2.75, 3.05) is 6.54 Å². The van der Waals surface area contributed by atoms with Gasteiger partial charge in [0, 0.05) is 13.0 Å². The summed E-state index contributed by atoms with van der Waals surface area (Å²) in [5.74, 6) is -0.378. The van der Waals surface area contributed by atoms with Gasteiger partial charge in [-0.1, -0.05) is 50.7 Å². The predicted octanol–water partition coefficient (Wildman–Crippen LogP) is 2.55. The maximum atomic E-state index is 12.4. The Morgan fingerprint density at radius 1 is 1.07 bits per heavy atom. The first kappa shape index (κ1) is 23.7. The molecule has 1 saturated carbocycles. The lowest BCUT2D eigenvalue weighted by atomic mass is 9.94. The maximum Gasteiger partial charge on any atom is 0.243 e. The zero-order valence-electron chi connectivity index (χ0n) is 17.7. The molecule has 2 rings (SSSR count). The van der Waals surface area contributed by atoms with Crippen molar-refractivity contribution in [3.05, 3.63) is 29.8 Å². The van der Waals surface area contributed by atoms with Crippen LogP contribution in [-0.2, 0) is 20.8 Å². The fourth-order valence-corrected chi connectivity index (χ4v) is 4.00. The van der Waals surface area contributed by atoms with Crippen LogP contribution < -0.4 is 16.4 Å². The molecule has 1 aromatic rings. The van der Waals surface area contributed by atoms with Crippen molar-refractivity contribution in [3.63, 3.8) is 0 Å². The first-order valence-electron chi connectivity index (χ1n) is 11.1. The van der Waals surface area contributed by atoms with E-state index in [1.165, 1.54) is 38.5 Å². The van der Waals surface area contributed by atoms with E-state index in [1.807, 2.05) is 0 Å². The van der Waals surface area contributed by atoms with Crippen LogP contribution in [0.1, 0.15) is 69.8 Å². The molecule has 1 aromatic carbocycles. The molecule has 0 aliphatic heterocycles. The normalized spacial score (nSPS) is 15.7. The molecule has 1 atom stereocenters. The molecule has 0 aromatic heterocycles. The molecule has 0 heterocycles. The standard InChI is InChI=1S/C23H35N3O4/c24-21(28)16-20(23(30)25-15-14-18-10-12-19(27)13-11-18)26-22(29)9-5-8-17-6-3-1-2-4-7-17/h10-13,17,20,27H,1-9,14-16H2,(H2,24,28)(H,25,30)(H,26,29)/t20-/m1/s1. The van der Waals surface area contributed by atoms with Crippen molar-refractivity contribution >= 4 is 17.7 Å². The van der Waals surface area contributed by atoms with Crippen LogP contribution in [0.4, 0.5) is 0 Å². The molecule has 5 N–H and O–H groups in total. The van der Waals surface area contributed by atoms with E-state index in [9.17, 15) is 19.5 Å². The van der Waals surface area contributed by atoms with Crippen molar-refractivity contribution in [1.29, 1.82) is 0 Å². The Balaban J connectivity index is 1.74. The van der Waals surface area contributed by atoms with Crippen LogP contribution in [0.5, 0.6) is 5.75 Å². The second kappa shape index (κ2) is 12.9. The van der Waals surface area contributed by atoms with Gasteiger partial charge in [-0.25, -0.2) is 0 Å². The number of primary amides is 1. The zero-order valence-corrected chi connectivity index (χ0v) is 17.7. The van der Waals surface area contributed by atoms with Crippen LogP contribution >= 0.6 is 0 Å². The van der Waals surface area contributed by atoms with Crippen molar-refractivity contribution in [3.8, 4) is 5.75 Å². The van der Waals surface area contributed by atoms with Crippen LogP contribution in [0.15, 0.2) is 24.3 Å². The van der Waals surface area contributed by atoms with E-state index >= 15 is 0 Å². The van der Waals surface area contributed by atoms with Gasteiger partial charge in [0.1, 0.15) is 11.8 Å². The van der Waals surface area contributed by atoms with E-state index in [-0.39, 0.29) is 18.1 Å². The minimum absolute atomic E-state index is 0.186. The summed E-state index contributed by atoms with van der Waals surface area (Å²) in [5.41, 5.74) is 6.22. The monoisotopic (exact) mass is 417 g/mol. The van der Waals surface area contributed by atoms with Gasteiger partial charge in [0.15, 0.2) is 0 Å². The summed E-state index contributed by atoms with van der Waals surface area (Å²) in [7, 11) is 0. The Kier molecular flexibility index (Phi) is 10.2. The summed E-state index contributed by atoms with van der Waals surface area (Å²) in [6.45, 7) is 0.358. The molecule has 1 fully saturated rings. The Morgan fingerprint density at radius 2 is 1.73 bits per heavy atom. The summed E-state index contributed by atoms with van der Waals surface area (Å²) in [4.78, 5) is 36.1. The van der Waals surface area contributed by atoms with Gasteiger partial charge in [0.2, 0.25) is 17.7 Å². The number of amides is 3. The number of carbonyl (C=O) groups excluding carboxylic acids is 3. The van der Waals surface area contributed by atoms with Gasteiger partial charge < -0.3 is 21.5 Å². The third-order valence-corrected chi connectivity index (χ3v) is 5.70. The van der Waals surface area contributed by atoms with Gasteiger partial charge in [0.05, 0.1) is 6.42 Å². The SMILES string of the molecule is NC(=O)C[C@@H](NC(=O)CCCC1CCCCCC1)C(=O)NCCc1ccc(O)cc1.